The first-order chi connectivity index (χ1) is 9.63. The summed E-state index contributed by atoms with van der Waals surface area (Å²) in [6.07, 6.45) is 2.09. The van der Waals surface area contributed by atoms with E-state index >= 15 is 0 Å². The van der Waals surface area contributed by atoms with E-state index < -0.39 is 5.82 Å². The number of benzene rings is 1. The molecule has 1 aromatic carbocycles. The summed E-state index contributed by atoms with van der Waals surface area (Å²) in [5.74, 6) is -0.549. The van der Waals surface area contributed by atoms with Crippen molar-refractivity contribution in [2.24, 2.45) is 5.16 Å². The van der Waals surface area contributed by atoms with Crippen LogP contribution in [0.4, 0.5) is 4.39 Å². The van der Waals surface area contributed by atoms with Gasteiger partial charge < -0.3 is 14.7 Å². The zero-order valence-electron chi connectivity index (χ0n) is 10.2. The lowest BCUT2D eigenvalue weighted by Crippen LogP contribution is -1.97. The second-order valence-corrected chi connectivity index (χ2v) is 3.89. The third-order valence-electron chi connectivity index (χ3n) is 2.28. The van der Waals surface area contributed by atoms with E-state index in [2.05, 4.69) is 15.1 Å². The molecule has 1 aromatic heterocycles. The van der Waals surface area contributed by atoms with Gasteiger partial charge >= 0.3 is 0 Å². The molecule has 0 fully saturated rings. The number of ether oxygens (including phenoxy) is 2. The number of hydrogen-bond donors (Lipinski definition) is 1. The maximum Gasteiger partial charge on any atom is 0.260 e. The van der Waals surface area contributed by atoms with Crippen LogP contribution in [0.5, 0.6) is 17.4 Å². The molecule has 0 aliphatic heterocycles. The van der Waals surface area contributed by atoms with Crippen molar-refractivity contribution in [1.82, 2.24) is 9.97 Å². The predicted octanol–water partition coefficient (Wildman–Crippen LogP) is 2.88. The maximum absolute atomic E-state index is 13.5. The number of nitrogens with zero attached hydrogens (tertiary/aromatic N) is 3. The van der Waals surface area contributed by atoms with E-state index in [-0.39, 0.29) is 16.9 Å². The predicted molar refractivity (Wildman–Crippen MR) is 69.4 cm³/mol. The van der Waals surface area contributed by atoms with Gasteiger partial charge in [-0.1, -0.05) is 5.16 Å². The molecule has 6 nitrogen and oxygen atoms in total. The van der Waals surface area contributed by atoms with E-state index in [1.54, 1.807) is 12.1 Å². The van der Waals surface area contributed by atoms with Gasteiger partial charge in [-0.15, -0.1) is 0 Å². The van der Waals surface area contributed by atoms with Crippen molar-refractivity contribution in [3.63, 3.8) is 0 Å². The molecule has 0 saturated heterocycles. The molecular weight excluding hydrogens is 289 g/mol. The molecule has 0 unspecified atom stereocenters. The topological polar surface area (TPSA) is 76.8 Å². The number of rotatable bonds is 4. The standard InChI is InChI=1S/C12H9ClFN3O3/c1-19-9-3-2-7(5-16-18)4-10(9)20-11-8(14)6-15-12(13)17-11/h2-6,18H,1H3/b16-5+. The Kier molecular flexibility index (Phi) is 4.31. The lowest BCUT2D eigenvalue weighted by molar-refractivity contribution is 0.322. The minimum absolute atomic E-state index is 0.145. The van der Waals surface area contributed by atoms with Crippen molar-refractivity contribution >= 4 is 17.8 Å². The van der Waals surface area contributed by atoms with Crippen LogP contribution in [0.2, 0.25) is 5.28 Å². The second kappa shape index (κ2) is 6.16. The first kappa shape index (κ1) is 14.0. The Morgan fingerprint density at radius 3 is 2.90 bits per heavy atom. The van der Waals surface area contributed by atoms with Gasteiger partial charge in [0.05, 0.1) is 19.5 Å². The summed E-state index contributed by atoms with van der Waals surface area (Å²) in [6.45, 7) is 0. The van der Waals surface area contributed by atoms with Gasteiger partial charge in [0.2, 0.25) is 11.1 Å². The van der Waals surface area contributed by atoms with Crippen molar-refractivity contribution in [2.75, 3.05) is 7.11 Å². The SMILES string of the molecule is COc1ccc(/C=N/O)cc1Oc1nc(Cl)ncc1F. The number of methoxy groups -OCH3 is 1. The van der Waals surface area contributed by atoms with Gasteiger partial charge in [-0.2, -0.15) is 9.37 Å². The second-order valence-electron chi connectivity index (χ2n) is 3.55. The van der Waals surface area contributed by atoms with Crippen LogP contribution in [0.1, 0.15) is 5.56 Å². The van der Waals surface area contributed by atoms with Gasteiger partial charge in [0.1, 0.15) is 0 Å². The number of hydrogen-bond acceptors (Lipinski definition) is 6. The summed E-state index contributed by atoms with van der Waals surface area (Å²) in [4.78, 5) is 7.12. The van der Waals surface area contributed by atoms with E-state index in [1.807, 2.05) is 0 Å². The Hall–Kier alpha value is -2.41. The van der Waals surface area contributed by atoms with Crippen LogP contribution < -0.4 is 9.47 Å². The molecule has 0 spiro atoms. The van der Waals surface area contributed by atoms with Crippen LogP contribution >= 0.6 is 11.6 Å². The van der Waals surface area contributed by atoms with Crippen LogP contribution in [-0.2, 0) is 0 Å². The monoisotopic (exact) mass is 297 g/mol. The van der Waals surface area contributed by atoms with E-state index in [1.165, 1.54) is 19.4 Å². The third-order valence-corrected chi connectivity index (χ3v) is 2.47. The van der Waals surface area contributed by atoms with Gasteiger partial charge in [-0.05, 0) is 29.8 Å². The molecule has 0 bridgehead atoms. The Labute approximate surface area is 118 Å². The molecular formula is C12H9ClFN3O3. The smallest absolute Gasteiger partial charge is 0.260 e. The fourth-order valence-electron chi connectivity index (χ4n) is 1.43. The van der Waals surface area contributed by atoms with Crippen LogP contribution in [-0.4, -0.2) is 28.5 Å². The quantitative estimate of drug-likeness (QED) is 0.406. The van der Waals surface area contributed by atoms with E-state index in [0.29, 0.717) is 11.3 Å². The van der Waals surface area contributed by atoms with Gasteiger partial charge in [0.25, 0.3) is 5.88 Å². The normalized spacial score (nSPS) is 10.8. The summed E-state index contributed by atoms with van der Waals surface area (Å²) >= 11 is 5.58. The number of halogens is 2. The van der Waals surface area contributed by atoms with Crippen molar-refractivity contribution in [3.05, 3.63) is 41.1 Å². The Morgan fingerprint density at radius 2 is 2.20 bits per heavy atom. The highest BCUT2D eigenvalue weighted by molar-refractivity contribution is 6.28. The number of aromatic nitrogens is 2. The lowest BCUT2D eigenvalue weighted by Gasteiger charge is -2.10. The average molecular weight is 298 g/mol. The largest absolute Gasteiger partial charge is 0.493 e. The Balaban J connectivity index is 2.40. The van der Waals surface area contributed by atoms with Crippen molar-refractivity contribution < 1.29 is 19.1 Å². The fourth-order valence-corrected chi connectivity index (χ4v) is 1.55. The van der Waals surface area contributed by atoms with Gasteiger partial charge in [-0.25, -0.2) is 4.98 Å². The molecule has 8 heteroatoms. The summed E-state index contributed by atoms with van der Waals surface area (Å²) in [5, 5.41) is 11.3. The zero-order valence-corrected chi connectivity index (χ0v) is 11.0. The maximum atomic E-state index is 13.5. The zero-order chi connectivity index (χ0) is 14.5. The lowest BCUT2D eigenvalue weighted by atomic mass is 10.2. The Bertz CT molecular complexity index is 652. The first-order valence-electron chi connectivity index (χ1n) is 5.35. The van der Waals surface area contributed by atoms with Crippen molar-refractivity contribution in [3.8, 4) is 17.4 Å². The van der Waals surface area contributed by atoms with E-state index in [0.717, 1.165) is 6.20 Å². The molecule has 2 rings (SSSR count). The van der Waals surface area contributed by atoms with Gasteiger partial charge in [-0.3, -0.25) is 0 Å². The molecule has 0 atom stereocenters. The molecule has 0 amide bonds. The third kappa shape index (κ3) is 3.12. The summed E-state index contributed by atoms with van der Waals surface area (Å²) in [6, 6.07) is 4.70. The van der Waals surface area contributed by atoms with Crippen LogP contribution in [0, 0.1) is 5.82 Å². The fraction of sp³-hybridized carbons (Fsp3) is 0.0833. The summed E-state index contributed by atoms with van der Waals surface area (Å²) in [7, 11) is 1.44. The van der Waals surface area contributed by atoms with Crippen molar-refractivity contribution in [1.29, 1.82) is 0 Å². The molecule has 20 heavy (non-hydrogen) atoms. The van der Waals surface area contributed by atoms with Gasteiger partial charge in [0.15, 0.2) is 11.5 Å². The average Bonchev–Trinajstić information content (AvgIpc) is 2.44. The molecule has 1 heterocycles. The van der Waals surface area contributed by atoms with Gasteiger partial charge in [0, 0.05) is 5.56 Å². The highest BCUT2D eigenvalue weighted by Gasteiger charge is 2.12. The van der Waals surface area contributed by atoms with E-state index in [9.17, 15) is 4.39 Å². The molecule has 2 aromatic rings. The van der Waals surface area contributed by atoms with E-state index in [4.69, 9.17) is 26.3 Å². The highest BCUT2D eigenvalue weighted by atomic mass is 35.5. The molecule has 1 N–H and O–H groups in total. The summed E-state index contributed by atoms with van der Waals surface area (Å²) < 4.78 is 23.9. The summed E-state index contributed by atoms with van der Waals surface area (Å²) in [5.41, 5.74) is 0.531. The molecule has 0 saturated carbocycles. The number of oxime groups is 1. The molecule has 0 aliphatic rings. The molecule has 0 aliphatic carbocycles. The first-order valence-corrected chi connectivity index (χ1v) is 5.73. The molecule has 0 radical (unpaired) electrons. The minimum atomic E-state index is -0.766. The molecule has 104 valence electrons. The van der Waals surface area contributed by atoms with Crippen LogP contribution in [0.25, 0.3) is 0 Å². The Morgan fingerprint density at radius 1 is 1.40 bits per heavy atom. The van der Waals surface area contributed by atoms with Crippen LogP contribution in [0.15, 0.2) is 29.6 Å². The highest BCUT2D eigenvalue weighted by Crippen LogP contribution is 2.32. The van der Waals surface area contributed by atoms with Crippen molar-refractivity contribution in [2.45, 2.75) is 0 Å². The minimum Gasteiger partial charge on any atom is -0.493 e. The van der Waals surface area contributed by atoms with Crippen LogP contribution in [0.3, 0.4) is 0 Å².